The second-order valence-electron chi connectivity index (χ2n) is 3.17. The number of nitrogens with one attached hydrogen (secondary N) is 2. The van der Waals surface area contributed by atoms with Crippen molar-refractivity contribution in [3.05, 3.63) is 28.2 Å². The fraction of sp³-hybridized carbons (Fsp3) is 0.300. The maximum Gasteiger partial charge on any atom is 0.418 e. The van der Waals surface area contributed by atoms with Gasteiger partial charge in [-0.3, -0.25) is 0 Å². The van der Waals surface area contributed by atoms with Crippen LogP contribution in [-0.4, -0.2) is 12.6 Å². The fourth-order valence-electron chi connectivity index (χ4n) is 1.19. The lowest BCUT2D eigenvalue weighted by Crippen LogP contribution is -2.29. The summed E-state index contributed by atoms with van der Waals surface area (Å²) in [6.45, 7) is 2.01. The average molecular weight is 311 g/mol. The average Bonchev–Trinajstić information content (AvgIpc) is 2.19. The third-order valence-corrected chi connectivity index (χ3v) is 2.37. The van der Waals surface area contributed by atoms with Crippen LogP contribution in [0.4, 0.5) is 23.7 Å². The second kappa shape index (κ2) is 5.39. The fourth-order valence-corrected chi connectivity index (χ4v) is 1.55. The minimum atomic E-state index is -4.52. The largest absolute Gasteiger partial charge is 0.418 e. The van der Waals surface area contributed by atoms with Gasteiger partial charge in [-0.2, -0.15) is 13.2 Å². The molecule has 0 aliphatic rings. The van der Waals surface area contributed by atoms with Crippen LogP contribution in [0.1, 0.15) is 12.5 Å². The lowest BCUT2D eigenvalue weighted by molar-refractivity contribution is -0.136. The molecule has 0 bridgehead atoms. The standard InChI is InChI=1S/C10H10BrF3N2O/c1-2-15-9(17)16-8-4-3-6(11)5-7(8)10(12,13)14/h3-5H,2H2,1H3,(H2,15,16,17). The van der Waals surface area contributed by atoms with Crippen molar-refractivity contribution in [3.63, 3.8) is 0 Å². The third kappa shape index (κ3) is 3.92. The molecular weight excluding hydrogens is 301 g/mol. The van der Waals surface area contributed by atoms with Crippen molar-refractivity contribution in [2.75, 3.05) is 11.9 Å². The van der Waals surface area contributed by atoms with Gasteiger partial charge < -0.3 is 10.6 Å². The van der Waals surface area contributed by atoms with Gasteiger partial charge in [-0.15, -0.1) is 0 Å². The summed E-state index contributed by atoms with van der Waals surface area (Å²) in [4.78, 5) is 11.2. The minimum absolute atomic E-state index is 0.272. The van der Waals surface area contributed by atoms with Gasteiger partial charge in [0.1, 0.15) is 0 Å². The van der Waals surface area contributed by atoms with Crippen molar-refractivity contribution in [2.45, 2.75) is 13.1 Å². The lowest BCUT2D eigenvalue weighted by atomic mass is 10.1. The van der Waals surface area contributed by atoms with Gasteiger partial charge in [0.05, 0.1) is 11.3 Å². The molecule has 0 saturated heterocycles. The quantitative estimate of drug-likeness (QED) is 0.861. The highest BCUT2D eigenvalue weighted by molar-refractivity contribution is 9.10. The van der Waals surface area contributed by atoms with Crippen LogP contribution in [-0.2, 0) is 6.18 Å². The van der Waals surface area contributed by atoms with Gasteiger partial charge in [0, 0.05) is 11.0 Å². The molecule has 0 atom stereocenters. The number of carbonyl (C=O) groups excluding carboxylic acids is 1. The van der Waals surface area contributed by atoms with Gasteiger partial charge in [0.2, 0.25) is 0 Å². The molecule has 3 nitrogen and oxygen atoms in total. The zero-order valence-electron chi connectivity index (χ0n) is 8.86. The summed E-state index contributed by atoms with van der Waals surface area (Å²) in [6, 6.07) is 2.88. The Bertz CT molecular complexity index is 421. The van der Waals surface area contributed by atoms with Gasteiger partial charge in [-0.1, -0.05) is 15.9 Å². The van der Waals surface area contributed by atoms with Crippen molar-refractivity contribution in [1.82, 2.24) is 5.32 Å². The number of benzene rings is 1. The first-order valence-corrected chi connectivity index (χ1v) is 5.55. The van der Waals surface area contributed by atoms with Crippen LogP contribution in [0.5, 0.6) is 0 Å². The number of halogens is 4. The predicted octanol–water partition coefficient (Wildman–Crippen LogP) is 3.61. The molecule has 1 aromatic carbocycles. The van der Waals surface area contributed by atoms with Gasteiger partial charge in [-0.05, 0) is 25.1 Å². The molecule has 94 valence electrons. The monoisotopic (exact) mass is 310 g/mol. The first-order valence-electron chi connectivity index (χ1n) is 4.76. The van der Waals surface area contributed by atoms with Crippen LogP contribution < -0.4 is 10.6 Å². The molecule has 1 rings (SSSR count). The number of hydrogen-bond donors (Lipinski definition) is 2. The smallest absolute Gasteiger partial charge is 0.338 e. The van der Waals surface area contributed by atoms with E-state index in [0.717, 1.165) is 6.07 Å². The highest BCUT2D eigenvalue weighted by Gasteiger charge is 2.34. The summed E-state index contributed by atoms with van der Waals surface area (Å²) < 4.78 is 38.3. The molecule has 17 heavy (non-hydrogen) atoms. The van der Waals surface area contributed by atoms with E-state index < -0.39 is 17.8 Å². The highest BCUT2D eigenvalue weighted by atomic mass is 79.9. The van der Waals surface area contributed by atoms with E-state index in [9.17, 15) is 18.0 Å². The molecule has 0 aliphatic carbocycles. The normalized spacial score (nSPS) is 11.1. The maximum absolute atomic E-state index is 12.7. The Morgan fingerprint density at radius 3 is 2.59 bits per heavy atom. The SMILES string of the molecule is CCNC(=O)Nc1ccc(Br)cc1C(F)(F)F. The molecule has 0 fully saturated rings. The van der Waals surface area contributed by atoms with E-state index in [2.05, 4.69) is 26.6 Å². The van der Waals surface area contributed by atoms with E-state index in [-0.39, 0.29) is 5.69 Å². The Morgan fingerprint density at radius 1 is 1.41 bits per heavy atom. The number of amides is 2. The van der Waals surface area contributed by atoms with Crippen molar-refractivity contribution in [1.29, 1.82) is 0 Å². The molecule has 0 saturated carbocycles. The Balaban J connectivity index is 3.03. The minimum Gasteiger partial charge on any atom is -0.338 e. The summed E-state index contributed by atoms with van der Waals surface area (Å²) in [5.41, 5.74) is -1.16. The van der Waals surface area contributed by atoms with Crippen LogP contribution in [0.15, 0.2) is 22.7 Å². The van der Waals surface area contributed by atoms with E-state index in [1.54, 1.807) is 6.92 Å². The number of rotatable bonds is 2. The Morgan fingerprint density at radius 2 is 2.06 bits per heavy atom. The van der Waals surface area contributed by atoms with Crippen LogP contribution in [0.25, 0.3) is 0 Å². The number of anilines is 1. The summed E-state index contributed by atoms with van der Waals surface area (Å²) in [6.07, 6.45) is -4.52. The zero-order valence-corrected chi connectivity index (χ0v) is 10.4. The summed E-state index contributed by atoms with van der Waals surface area (Å²) >= 11 is 2.96. The number of carbonyl (C=O) groups is 1. The van der Waals surface area contributed by atoms with Crippen molar-refractivity contribution >= 4 is 27.6 Å². The highest BCUT2D eigenvalue weighted by Crippen LogP contribution is 2.36. The van der Waals surface area contributed by atoms with Gasteiger partial charge in [-0.25, -0.2) is 4.79 Å². The second-order valence-corrected chi connectivity index (χ2v) is 4.09. The third-order valence-electron chi connectivity index (χ3n) is 1.87. The Hall–Kier alpha value is -1.24. The maximum atomic E-state index is 12.7. The van der Waals surface area contributed by atoms with E-state index in [1.807, 2.05) is 0 Å². The molecule has 0 radical (unpaired) electrons. The van der Waals surface area contributed by atoms with E-state index in [4.69, 9.17) is 0 Å². The van der Waals surface area contributed by atoms with E-state index in [0.29, 0.717) is 11.0 Å². The van der Waals surface area contributed by atoms with Gasteiger partial charge in [0.15, 0.2) is 0 Å². The molecule has 1 aromatic rings. The van der Waals surface area contributed by atoms with Crippen molar-refractivity contribution < 1.29 is 18.0 Å². The molecular formula is C10H10BrF3N2O. The molecule has 0 unspecified atom stereocenters. The molecule has 0 aromatic heterocycles. The molecule has 0 aliphatic heterocycles. The van der Waals surface area contributed by atoms with Crippen molar-refractivity contribution in [3.8, 4) is 0 Å². The number of hydrogen-bond acceptors (Lipinski definition) is 1. The van der Waals surface area contributed by atoms with Crippen LogP contribution >= 0.6 is 15.9 Å². The first-order chi connectivity index (χ1) is 7.84. The first kappa shape index (κ1) is 13.8. The number of urea groups is 1. The van der Waals surface area contributed by atoms with E-state index in [1.165, 1.54) is 12.1 Å². The lowest BCUT2D eigenvalue weighted by Gasteiger charge is -2.14. The molecule has 2 N–H and O–H groups in total. The zero-order chi connectivity index (χ0) is 13.1. The Labute approximate surface area is 105 Å². The van der Waals surface area contributed by atoms with Crippen LogP contribution in [0, 0.1) is 0 Å². The predicted molar refractivity (Wildman–Crippen MR) is 61.8 cm³/mol. The van der Waals surface area contributed by atoms with Gasteiger partial charge in [0.25, 0.3) is 0 Å². The molecule has 2 amide bonds. The van der Waals surface area contributed by atoms with Crippen molar-refractivity contribution in [2.24, 2.45) is 0 Å². The molecule has 0 heterocycles. The van der Waals surface area contributed by atoms with Gasteiger partial charge >= 0.3 is 12.2 Å². The van der Waals surface area contributed by atoms with Crippen LogP contribution in [0.3, 0.4) is 0 Å². The molecule has 7 heteroatoms. The Kier molecular flexibility index (Phi) is 4.39. The topological polar surface area (TPSA) is 41.1 Å². The summed E-state index contributed by atoms with van der Waals surface area (Å²) in [5, 5.41) is 4.51. The van der Waals surface area contributed by atoms with E-state index >= 15 is 0 Å². The summed E-state index contributed by atoms with van der Waals surface area (Å²) in [5.74, 6) is 0. The summed E-state index contributed by atoms with van der Waals surface area (Å²) in [7, 11) is 0. The molecule has 0 spiro atoms. The van der Waals surface area contributed by atoms with Crippen LogP contribution in [0.2, 0.25) is 0 Å². The number of alkyl halides is 3.